The average molecular weight is 392 g/mol. The maximum absolute atomic E-state index is 12.7. The number of hydrogen-bond donors (Lipinski definition) is 1. The summed E-state index contributed by atoms with van der Waals surface area (Å²) in [4.78, 5) is 1.22. The number of nitrogens with one attached hydrogen (secondary N) is 1. The summed E-state index contributed by atoms with van der Waals surface area (Å²) in [6, 6.07) is 12.1. The van der Waals surface area contributed by atoms with Gasteiger partial charge >= 0.3 is 0 Å². The van der Waals surface area contributed by atoms with E-state index in [0.717, 1.165) is 16.3 Å². The van der Waals surface area contributed by atoms with Gasteiger partial charge in [0.25, 0.3) is 0 Å². The second-order valence-electron chi connectivity index (χ2n) is 5.93. The Morgan fingerprint density at radius 1 is 1.23 bits per heavy atom. The van der Waals surface area contributed by atoms with Gasteiger partial charge in [-0.15, -0.1) is 11.3 Å². The molecule has 8 heteroatoms. The van der Waals surface area contributed by atoms with Gasteiger partial charge in [0.2, 0.25) is 10.0 Å². The Morgan fingerprint density at radius 2 is 2.04 bits per heavy atom. The molecule has 0 aliphatic heterocycles. The Kier molecular flexibility index (Phi) is 5.45. The number of benzene rings is 1. The lowest BCUT2D eigenvalue weighted by atomic mass is 10.2. The van der Waals surface area contributed by atoms with E-state index >= 15 is 0 Å². The summed E-state index contributed by atoms with van der Waals surface area (Å²) in [5, 5.41) is 6.51. The molecule has 0 saturated heterocycles. The van der Waals surface area contributed by atoms with E-state index in [2.05, 4.69) is 9.82 Å². The third kappa shape index (κ3) is 3.98. The Balaban J connectivity index is 1.87. The van der Waals surface area contributed by atoms with Gasteiger partial charge in [0.05, 0.1) is 23.7 Å². The largest absolute Gasteiger partial charge is 0.497 e. The second kappa shape index (κ2) is 7.61. The van der Waals surface area contributed by atoms with Crippen LogP contribution in [0.1, 0.15) is 22.3 Å². The predicted molar refractivity (Wildman–Crippen MR) is 102 cm³/mol. The van der Waals surface area contributed by atoms with Gasteiger partial charge in [-0.1, -0.05) is 12.1 Å². The number of aryl methyl sites for hydroxylation is 2. The van der Waals surface area contributed by atoms with Crippen molar-refractivity contribution in [3.8, 4) is 5.75 Å². The fourth-order valence-corrected chi connectivity index (χ4v) is 4.68. The van der Waals surface area contributed by atoms with E-state index in [1.54, 1.807) is 29.5 Å². The number of ether oxygens (including phenoxy) is 1. The summed E-state index contributed by atoms with van der Waals surface area (Å²) in [5.74, 6) is 0.501. The number of aromatic nitrogens is 2. The quantitative estimate of drug-likeness (QED) is 0.672. The average Bonchev–Trinajstić information content (AvgIpc) is 3.25. The monoisotopic (exact) mass is 391 g/mol. The van der Waals surface area contributed by atoms with Crippen molar-refractivity contribution in [2.75, 3.05) is 13.7 Å². The molecule has 138 valence electrons. The lowest BCUT2D eigenvalue weighted by molar-refractivity contribution is 0.413. The minimum absolute atomic E-state index is 0.176. The smallest absolute Gasteiger partial charge is 0.240 e. The Hall–Kier alpha value is -2.16. The van der Waals surface area contributed by atoms with Crippen molar-refractivity contribution >= 4 is 21.4 Å². The lowest BCUT2D eigenvalue weighted by Gasteiger charge is -2.19. The molecule has 0 radical (unpaired) electrons. The van der Waals surface area contributed by atoms with Crippen LogP contribution >= 0.6 is 11.3 Å². The highest BCUT2D eigenvalue weighted by Gasteiger charge is 2.22. The maximum Gasteiger partial charge on any atom is 0.240 e. The van der Waals surface area contributed by atoms with Gasteiger partial charge < -0.3 is 4.74 Å². The minimum atomic E-state index is -3.66. The molecular formula is C18H21N3O3S2. The van der Waals surface area contributed by atoms with Crippen LogP contribution in [0, 0.1) is 13.8 Å². The van der Waals surface area contributed by atoms with Crippen molar-refractivity contribution in [3.63, 3.8) is 0 Å². The predicted octanol–water partition coefficient (Wildman–Crippen LogP) is 3.14. The Morgan fingerprint density at radius 3 is 2.65 bits per heavy atom. The first kappa shape index (κ1) is 18.6. The van der Waals surface area contributed by atoms with Crippen LogP contribution in [0.15, 0.2) is 52.7 Å². The van der Waals surface area contributed by atoms with E-state index in [1.807, 2.05) is 42.1 Å². The van der Waals surface area contributed by atoms with Crippen LogP contribution in [0.5, 0.6) is 5.75 Å². The second-order valence-corrected chi connectivity index (χ2v) is 8.68. The molecule has 3 aromatic rings. The van der Waals surface area contributed by atoms with Gasteiger partial charge in [-0.25, -0.2) is 13.1 Å². The van der Waals surface area contributed by atoms with Crippen LogP contribution in [0.25, 0.3) is 0 Å². The molecular weight excluding hydrogens is 370 g/mol. The molecule has 1 atom stereocenters. The number of methoxy groups -OCH3 is 1. The summed E-state index contributed by atoms with van der Waals surface area (Å²) in [6.07, 6.45) is 0. The molecule has 0 aliphatic carbocycles. The zero-order valence-corrected chi connectivity index (χ0v) is 16.5. The molecule has 2 heterocycles. The Labute approximate surface area is 157 Å². The van der Waals surface area contributed by atoms with Crippen molar-refractivity contribution in [2.45, 2.75) is 24.8 Å². The molecule has 1 unspecified atom stereocenters. The standard InChI is InChI=1S/C18H21N3O3S2/c1-13-10-14(2)21(20-13)17(18-8-5-9-25-18)12-19-26(22,23)16-7-4-6-15(11-16)24-3/h4-11,17,19H,12H2,1-3H3. The van der Waals surface area contributed by atoms with Crippen LogP contribution in [-0.4, -0.2) is 31.9 Å². The number of rotatable bonds is 7. The first-order valence-corrected chi connectivity index (χ1v) is 10.5. The molecule has 1 aromatic carbocycles. The minimum Gasteiger partial charge on any atom is -0.497 e. The van der Waals surface area contributed by atoms with Gasteiger partial charge in [-0.3, -0.25) is 4.68 Å². The molecule has 6 nitrogen and oxygen atoms in total. The van der Waals surface area contributed by atoms with E-state index in [9.17, 15) is 8.42 Å². The molecule has 26 heavy (non-hydrogen) atoms. The lowest BCUT2D eigenvalue weighted by Crippen LogP contribution is -2.32. The molecule has 0 fully saturated rings. The molecule has 0 spiro atoms. The Bertz CT molecular complexity index is 979. The fourth-order valence-electron chi connectivity index (χ4n) is 2.79. The van der Waals surface area contributed by atoms with E-state index in [0.29, 0.717) is 5.75 Å². The van der Waals surface area contributed by atoms with E-state index < -0.39 is 10.0 Å². The van der Waals surface area contributed by atoms with Crippen LogP contribution in [0.3, 0.4) is 0 Å². The van der Waals surface area contributed by atoms with Crippen molar-refractivity contribution < 1.29 is 13.2 Å². The van der Waals surface area contributed by atoms with Crippen molar-refractivity contribution in [2.24, 2.45) is 0 Å². The summed E-state index contributed by atoms with van der Waals surface area (Å²) >= 11 is 1.58. The van der Waals surface area contributed by atoms with Crippen LogP contribution in [0.2, 0.25) is 0 Å². The van der Waals surface area contributed by atoms with Crippen LogP contribution in [-0.2, 0) is 10.0 Å². The third-order valence-corrected chi connectivity index (χ3v) is 6.42. The highest BCUT2D eigenvalue weighted by molar-refractivity contribution is 7.89. The normalized spacial score (nSPS) is 12.9. The van der Waals surface area contributed by atoms with Crippen molar-refractivity contribution in [3.05, 3.63) is 64.1 Å². The van der Waals surface area contributed by atoms with Gasteiger partial charge in [-0.05, 0) is 43.5 Å². The maximum atomic E-state index is 12.7. The third-order valence-electron chi connectivity index (χ3n) is 4.03. The van der Waals surface area contributed by atoms with E-state index in [1.165, 1.54) is 13.2 Å². The summed E-state index contributed by atoms with van der Waals surface area (Å²) in [5.41, 5.74) is 1.89. The van der Waals surface area contributed by atoms with E-state index in [-0.39, 0.29) is 17.5 Å². The highest BCUT2D eigenvalue weighted by Crippen LogP contribution is 2.25. The molecule has 2 aromatic heterocycles. The SMILES string of the molecule is COc1cccc(S(=O)(=O)NCC(c2cccs2)n2nc(C)cc2C)c1. The van der Waals surface area contributed by atoms with Gasteiger partial charge in [0.1, 0.15) is 5.75 Å². The summed E-state index contributed by atoms with van der Waals surface area (Å²) in [6.45, 7) is 4.11. The molecule has 0 amide bonds. The number of hydrogen-bond acceptors (Lipinski definition) is 5. The van der Waals surface area contributed by atoms with Gasteiger partial charge in [0, 0.05) is 23.2 Å². The molecule has 1 N–H and O–H groups in total. The van der Waals surface area contributed by atoms with Gasteiger partial charge in [0.15, 0.2) is 0 Å². The molecule has 0 bridgehead atoms. The topological polar surface area (TPSA) is 73.2 Å². The summed E-state index contributed by atoms with van der Waals surface area (Å²) in [7, 11) is -2.15. The van der Waals surface area contributed by atoms with Gasteiger partial charge in [-0.2, -0.15) is 5.10 Å². The fraction of sp³-hybridized carbons (Fsp3) is 0.278. The summed E-state index contributed by atoms with van der Waals surface area (Å²) < 4.78 is 35.1. The van der Waals surface area contributed by atoms with Crippen LogP contribution in [0.4, 0.5) is 0 Å². The van der Waals surface area contributed by atoms with Crippen molar-refractivity contribution in [1.29, 1.82) is 0 Å². The molecule has 0 saturated carbocycles. The zero-order valence-electron chi connectivity index (χ0n) is 14.8. The highest BCUT2D eigenvalue weighted by atomic mass is 32.2. The zero-order chi connectivity index (χ0) is 18.7. The van der Waals surface area contributed by atoms with Crippen LogP contribution < -0.4 is 9.46 Å². The molecule has 3 rings (SSSR count). The first-order valence-electron chi connectivity index (χ1n) is 8.10. The number of thiophene rings is 1. The number of nitrogens with zero attached hydrogens (tertiary/aromatic N) is 2. The van der Waals surface area contributed by atoms with E-state index in [4.69, 9.17) is 4.74 Å². The first-order chi connectivity index (χ1) is 12.4. The number of sulfonamides is 1. The van der Waals surface area contributed by atoms with Crippen molar-refractivity contribution in [1.82, 2.24) is 14.5 Å². The molecule has 0 aliphatic rings.